The lowest BCUT2D eigenvalue weighted by Crippen LogP contribution is -2.09. The molecule has 1 aromatic carbocycles. The normalized spacial score (nSPS) is 17.0. The maximum atomic E-state index is 12.3. The van der Waals surface area contributed by atoms with Crippen LogP contribution in [-0.4, -0.2) is 5.78 Å². The Morgan fingerprint density at radius 3 is 2.71 bits per heavy atom. The SMILES string of the molecule is CCCC1=CC=C2C(=Cc3ccccc32)C1=O. The molecule has 0 unspecified atom stereocenters. The molecule has 1 nitrogen and oxygen atoms in total. The van der Waals surface area contributed by atoms with Gasteiger partial charge in [0.2, 0.25) is 0 Å². The largest absolute Gasteiger partial charge is 0.289 e. The number of Topliss-reactive ketones (excluding diaryl/α,β-unsaturated/α-hetero) is 1. The summed E-state index contributed by atoms with van der Waals surface area (Å²) in [5, 5.41) is 0. The molecule has 0 saturated heterocycles. The number of carbonyl (C=O) groups is 1. The maximum absolute atomic E-state index is 12.3. The van der Waals surface area contributed by atoms with Crippen LogP contribution < -0.4 is 0 Å². The molecule has 0 saturated carbocycles. The van der Waals surface area contributed by atoms with E-state index in [1.807, 2.05) is 24.3 Å². The Hall–Kier alpha value is -1.89. The van der Waals surface area contributed by atoms with Gasteiger partial charge in [-0.25, -0.2) is 0 Å². The lowest BCUT2D eigenvalue weighted by atomic mass is 9.89. The van der Waals surface area contributed by atoms with Gasteiger partial charge < -0.3 is 0 Å². The number of allylic oxidation sites excluding steroid dienone is 5. The fraction of sp³-hybridized carbons (Fsp3) is 0.188. The van der Waals surface area contributed by atoms with E-state index < -0.39 is 0 Å². The van der Waals surface area contributed by atoms with Crippen molar-refractivity contribution in [3.05, 3.63) is 58.7 Å². The summed E-state index contributed by atoms with van der Waals surface area (Å²) in [4.78, 5) is 12.3. The Kier molecular flexibility index (Phi) is 2.32. The standard InChI is InChI=1S/C16H14O/c1-2-5-11-8-9-14-13-7-4-3-6-12(13)10-15(14)16(11)17/h3-4,6-10H,2,5H2,1H3. The average molecular weight is 222 g/mol. The highest BCUT2D eigenvalue weighted by atomic mass is 16.1. The van der Waals surface area contributed by atoms with Crippen molar-refractivity contribution in [1.29, 1.82) is 0 Å². The molecule has 0 aliphatic heterocycles. The van der Waals surface area contributed by atoms with Crippen molar-refractivity contribution < 1.29 is 4.79 Å². The van der Waals surface area contributed by atoms with Crippen molar-refractivity contribution in [2.45, 2.75) is 19.8 Å². The van der Waals surface area contributed by atoms with E-state index in [4.69, 9.17) is 0 Å². The summed E-state index contributed by atoms with van der Waals surface area (Å²) in [6.45, 7) is 2.10. The van der Waals surface area contributed by atoms with Crippen LogP contribution in [0.3, 0.4) is 0 Å². The molecule has 0 atom stereocenters. The Morgan fingerprint density at radius 2 is 1.88 bits per heavy atom. The van der Waals surface area contributed by atoms with Crippen LogP contribution in [-0.2, 0) is 4.79 Å². The molecule has 0 bridgehead atoms. The van der Waals surface area contributed by atoms with Gasteiger partial charge >= 0.3 is 0 Å². The molecule has 84 valence electrons. The third-order valence-electron chi connectivity index (χ3n) is 3.35. The van der Waals surface area contributed by atoms with Gasteiger partial charge in [-0.15, -0.1) is 0 Å². The van der Waals surface area contributed by atoms with Crippen molar-refractivity contribution in [2.24, 2.45) is 0 Å². The second-order valence-electron chi connectivity index (χ2n) is 4.50. The zero-order valence-electron chi connectivity index (χ0n) is 9.86. The van der Waals surface area contributed by atoms with Crippen molar-refractivity contribution in [2.75, 3.05) is 0 Å². The Balaban J connectivity index is 2.09. The van der Waals surface area contributed by atoms with Gasteiger partial charge in [-0.2, -0.15) is 0 Å². The number of hydrogen-bond acceptors (Lipinski definition) is 1. The number of hydrogen-bond donors (Lipinski definition) is 0. The van der Waals surface area contributed by atoms with Crippen LogP contribution in [0, 0.1) is 0 Å². The lowest BCUT2D eigenvalue weighted by Gasteiger charge is -2.13. The van der Waals surface area contributed by atoms with Crippen LogP contribution in [0.15, 0.2) is 47.6 Å². The molecule has 1 aromatic rings. The predicted octanol–water partition coefficient (Wildman–Crippen LogP) is 3.78. The molecule has 2 aliphatic carbocycles. The molecule has 0 fully saturated rings. The van der Waals surface area contributed by atoms with Crippen LogP contribution in [0.1, 0.15) is 30.9 Å². The molecule has 0 N–H and O–H groups in total. The summed E-state index contributed by atoms with van der Waals surface area (Å²) in [7, 11) is 0. The summed E-state index contributed by atoms with van der Waals surface area (Å²) in [5.74, 6) is 0.209. The summed E-state index contributed by atoms with van der Waals surface area (Å²) in [6, 6.07) is 8.18. The van der Waals surface area contributed by atoms with Gasteiger partial charge in [-0.05, 0) is 29.2 Å². The van der Waals surface area contributed by atoms with Crippen LogP contribution in [0.25, 0.3) is 11.6 Å². The zero-order valence-corrected chi connectivity index (χ0v) is 9.86. The number of ketones is 1. The Labute approximate surface area is 101 Å². The monoisotopic (exact) mass is 222 g/mol. The van der Waals surface area contributed by atoms with Gasteiger partial charge in [0.25, 0.3) is 0 Å². The lowest BCUT2D eigenvalue weighted by molar-refractivity contribution is -0.112. The topological polar surface area (TPSA) is 17.1 Å². The highest BCUT2D eigenvalue weighted by Gasteiger charge is 2.27. The first-order chi connectivity index (χ1) is 8.31. The first-order valence-corrected chi connectivity index (χ1v) is 6.08. The molecule has 0 heterocycles. The number of carbonyl (C=O) groups excluding carboxylic acids is 1. The molecule has 2 aliphatic rings. The van der Waals surface area contributed by atoms with Gasteiger partial charge in [0.15, 0.2) is 5.78 Å². The summed E-state index contributed by atoms with van der Waals surface area (Å²) in [6.07, 6.45) is 7.98. The minimum absolute atomic E-state index is 0.209. The fourth-order valence-electron chi connectivity index (χ4n) is 2.51. The van der Waals surface area contributed by atoms with E-state index in [-0.39, 0.29) is 5.78 Å². The summed E-state index contributed by atoms with van der Waals surface area (Å²) < 4.78 is 0. The fourth-order valence-corrected chi connectivity index (χ4v) is 2.51. The van der Waals surface area contributed by atoms with Crippen LogP contribution in [0.4, 0.5) is 0 Å². The Bertz CT molecular complexity index is 585. The quantitative estimate of drug-likeness (QED) is 0.744. The van der Waals surface area contributed by atoms with Gasteiger partial charge in [0.1, 0.15) is 0 Å². The van der Waals surface area contributed by atoms with Crippen LogP contribution in [0.2, 0.25) is 0 Å². The zero-order chi connectivity index (χ0) is 11.8. The molecule has 0 amide bonds. The third-order valence-corrected chi connectivity index (χ3v) is 3.35. The molecule has 0 spiro atoms. The van der Waals surface area contributed by atoms with E-state index in [1.165, 1.54) is 5.56 Å². The van der Waals surface area contributed by atoms with E-state index in [1.54, 1.807) is 0 Å². The summed E-state index contributed by atoms with van der Waals surface area (Å²) in [5.41, 5.74) is 5.24. The van der Waals surface area contributed by atoms with Crippen molar-refractivity contribution in [3.63, 3.8) is 0 Å². The number of benzene rings is 1. The van der Waals surface area contributed by atoms with Gasteiger partial charge in [0.05, 0.1) is 0 Å². The highest BCUT2D eigenvalue weighted by Crippen LogP contribution is 2.39. The number of rotatable bonds is 2. The minimum atomic E-state index is 0.209. The first-order valence-electron chi connectivity index (χ1n) is 6.08. The van der Waals surface area contributed by atoms with E-state index in [2.05, 4.69) is 25.1 Å². The van der Waals surface area contributed by atoms with E-state index >= 15 is 0 Å². The van der Waals surface area contributed by atoms with E-state index in [9.17, 15) is 4.79 Å². The molecule has 0 aromatic heterocycles. The number of fused-ring (bicyclic) bond motifs is 3. The third kappa shape index (κ3) is 1.50. The van der Waals surface area contributed by atoms with Crippen LogP contribution in [0.5, 0.6) is 0 Å². The summed E-state index contributed by atoms with van der Waals surface area (Å²) >= 11 is 0. The predicted molar refractivity (Wildman–Crippen MR) is 70.4 cm³/mol. The minimum Gasteiger partial charge on any atom is -0.289 e. The second kappa shape index (κ2) is 3.85. The first kappa shape index (κ1) is 10.3. The smallest absolute Gasteiger partial charge is 0.189 e. The van der Waals surface area contributed by atoms with Crippen molar-refractivity contribution in [1.82, 2.24) is 0 Å². The molecular weight excluding hydrogens is 208 g/mol. The average Bonchev–Trinajstić information content (AvgIpc) is 2.73. The molecule has 0 radical (unpaired) electrons. The van der Waals surface area contributed by atoms with Gasteiger partial charge in [0, 0.05) is 11.1 Å². The van der Waals surface area contributed by atoms with E-state index in [0.29, 0.717) is 0 Å². The van der Waals surface area contributed by atoms with Crippen molar-refractivity contribution >= 4 is 17.4 Å². The van der Waals surface area contributed by atoms with Crippen molar-refractivity contribution in [3.8, 4) is 0 Å². The molecule has 3 rings (SSSR count). The van der Waals surface area contributed by atoms with Gasteiger partial charge in [-0.1, -0.05) is 49.8 Å². The molecular formula is C16H14O. The molecule has 1 heteroatoms. The maximum Gasteiger partial charge on any atom is 0.189 e. The highest BCUT2D eigenvalue weighted by molar-refractivity contribution is 6.25. The Morgan fingerprint density at radius 1 is 1.06 bits per heavy atom. The second-order valence-corrected chi connectivity index (χ2v) is 4.50. The molecule has 17 heavy (non-hydrogen) atoms. The van der Waals surface area contributed by atoms with Crippen LogP contribution >= 0.6 is 0 Å². The van der Waals surface area contributed by atoms with Gasteiger partial charge in [-0.3, -0.25) is 4.79 Å². The van der Waals surface area contributed by atoms with E-state index in [0.717, 1.165) is 35.1 Å².